The van der Waals surface area contributed by atoms with Crippen molar-refractivity contribution in [2.45, 2.75) is 36.2 Å². The molecule has 1 aromatic heterocycles. The Morgan fingerprint density at radius 3 is 2.58 bits per heavy atom. The molecule has 1 aliphatic carbocycles. The SMILES string of the molecule is COC(=O)[C@H]1Cc2c([nH]c3ccccc23)[C@H](c2ccc(S(=O)(=O)NCC3CC3)cc2)N1. The zero-order valence-corrected chi connectivity index (χ0v) is 18.0. The summed E-state index contributed by atoms with van der Waals surface area (Å²) in [6.07, 6.45) is 2.70. The molecule has 0 unspecified atom stereocenters. The Kier molecular flexibility index (Phi) is 5.08. The first-order chi connectivity index (χ1) is 15.0. The van der Waals surface area contributed by atoms with Crippen LogP contribution in [0.2, 0.25) is 0 Å². The van der Waals surface area contributed by atoms with Crippen molar-refractivity contribution in [3.8, 4) is 0 Å². The van der Waals surface area contributed by atoms with Gasteiger partial charge >= 0.3 is 5.97 Å². The summed E-state index contributed by atoms with van der Waals surface area (Å²) >= 11 is 0. The Labute approximate surface area is 181 Å². The van der Waals surface area contributed by atoms with E-state index in [4.69, 9.17) is 4.74 Å². The summed E-state index contributed by atoms with van der Waals surface area (Å²) in [6.45, 7) is 0.494. The number of benzene rings is 2. The molecule has 0 bridgehead atoms. The van der Waals surface area contributed by atoms with Crippen molar-refractivity contribution in [2.24, 2.45) is 5.92 Å². The largest absolute Gasteiger partial charge is 0.468 e. The van der Waals surface area contributed by atoms with Gasteiger partial charge in [-0.2, -0.15) is 0 Å². The molecule has 2 aromatic carbocycles. The molecule has 0 saturated heterocycles. The van der Waals surface area contributed by atoms with Gasteiger partial charge in [-0.1, -0.05) is 30.3 Å². The van der Waals surface area contributed by atoms with Crippen molar-refractivity contribution >= 4 is 26.9 Å². The molecule has 3 N–H and O–H groups in total. The van der Waals surface area contributed by atoms with E-state index in [0.717, 1.165) is 40.6 Å². The molecule has 5 rings (SSSR count). The number of carbonyl (C=O) groups excluding carboxylic acids is 1. The molecule has 0 amide bonds. The predicted molar refractivity (Wildman–Crippen MR) is 117 cm³/mol. The van der Waals surface area contributed by atoms with Gasteiger partial charge in [-0.3, -0.25) is 10.1 Å². The van der Waals surface area contributed by atoms with Gasteiger partial charge in [-0.25, -0.2) is 13.1 Å². The van der Waals surface area contributed by atoms with Crippen molar-refractivity contribution in [3.05, 3.63) is 65.4 Å². The Morgan fingerprint density at radius 2 is 1.87 bits per heavy atom. The minimum absolute atomic E-state index is 0.245. The molecular formula is C23H25N3O4S. The van der Waals surface area contributed by atoms with Gasteiger partial charge in [0.15, 0.2) is 0 Å². The van der Waals surface area contributed by atoms with Crippen LogP contribution in [-0.2, 0) is 26.0 Å². The lowest BCUT2D eigenvalue weighted by Crippen LogP contribution is -2.45. The normalized spacial score (nSPS) is 21.1. The second-order valence-corrected chi connectivity index (χ2v) is 10.1. The molecule has 31 heavy (non-hydrogen) atoms. The van der Waals surface area contributed by atoms with Gasteiger partial charge in [0.1, 0.15) is 6.04 Å². The Bertz CT molecular complexity index is 1230. The molecule has 8 heteroatoms. The number of para-hydroxylation sites is 1. The number of H-pyrrole nitrogens is 1. The first kappa shape index (κ1) is 20.2. The number of hydrogen-bond donors (Lipinski definition) is 3. The van der Waals surface area contributed by atoms with Gasteiger partial charge in [0.2, 0.25) is 10.0 Å². The highest BCUT2D eigenvalue weighted by Gasteiger charge is 2.34. The van der Waals surface area contributed by atoms with Gasteiger partial charge < -0.3 is 9.72 Å². The number of nitrogens with one attached hydrogen (secondary N) is 3. The van der Waals surface area contributed by atoms with Crippen molar-refractivity contribution in [1.82, 2.24) is 15.0 Å². The van der Waals surface area contributed by atoms with Crippen LogP contribution in [0.5, 0.6) is 0 Å². The summed E-state index contributed by atoms with van der Waals surface area (Å²) in [5, 5.41) is 4.46. The summed E-state index contributed by atoms with van der Waals surface area (Å²) < 4.78 is 32.8. The van der Waals surface area contributed by atoms with Crippen molar-refractivity contribution in [1.29, 1.82) is 0 Å². The summed E-state index contributed by atoms with van der Waals surface area (Å²) in [4.78, 5) is 16.1. The third kappa shape index (κ3) is 3.86. The molecule has 0 radical (unpaired) electrons. The van der Waals surface area contributed by atoms with Gasteiger partial charge in [0.25, 0.3) is 0 Å². The van der Waals surface area contributed by atoms with Crippen LogP contribution in [0.4, 0.5) is 0 Å². The molecule has 1 saturated carbocycles. The van der Waals surface area contributed by atoms with E-state index in [0.29, 0.717) is 18.9 Å². The van der Waals surface area contributed by atoms with E-state index in [1.807, 2.05) is 24.3 Å². The second-order valence-electron chi connectivity index (χ2n) is 8.31. The fourth-order valence-electron chi connectivity index (χ4n) is 4.26. The molecule has 2 atom stereocenters. The van der Waals surface area contributed by atoms with E-state index in [-0.39, 0.29) is 16.9 Å². The number of sulfonamides is 1. The van der Waals surface area contributed by atoms with Gasteiger partial charge in [-0.05, 0) is 48.1 Å². The first-order valence-electron chi connectivity index (χ1n) is 10.5. The van der Waals surface area contributed by atoms with Crippen LogP contribution in [0, 0.1) is 5.92 Å². The quantitative estimate of drug-likeness (QED) is 0.513. The number of esters is 1. The van der Waals surface area contributed by atoms with Gasteiger partial charge in [-0.15, -0.1) is 0 Å². The van der Waals surface area contributed by atoms with E-state index < -0.39 is 16.1 Å². The lowest BCUT2D eigenvalue weighted by atomic mass is 9.90. The standard InChI is InChI=1S/C23H25N3O4S/c1-30-23(27)20-12-18-17-4-2-3-5-19(17)25-22(18)21(26-20)15-8-10-16(11-9-15)31(28,29)24-13-14-6-7-14/h2-5,8-11,14,20-21,24-26H,6-7,12-13H2,1H3/t20-,21+/m1/s1. The Morgan fingerprint density at radius 1 is 1.13 bits per heavy atom. The van der Waals surface area contributed by atoms with E-state index in [2.05, 4.69) is 15.0 Å². The van der Waals surface area contributed by atoms with E-state index in [1.165, 1.54) is 7.11 Å². The number of aromatic amines is 1. The number of carbonyl (C=O) groups is 1. The van der Waals surface area contributed by atoms with E-state index in [9.17, 15) is 13.2 Å². The van der Waals surface area contributed by atoms with Crippen LogP contribution in [0.1, 0.15) is 35.7 Å². The number of hydrogen-bond acceptors (Lipinski definition) is 5. The summed E-state index contributed by atoms with van der Waals surface area (Å²) in [6, 6.07) is 14.1. The minimum atomic E-state index is -3.52. The average Bonchev–Trinajstić information content (AvgIpc) is 3.56. The molecule has 162 valence electrons. The van der Waals surface area contributed by atoms with E-state index in [1.54, 1.807) is 24.3 Å². The highest BCUT2D eigenvalue weighted by molar-refractivity contribution is 7.89. The zero-order chi connectivity index (χ0) is 21.6. The van der Waals surface area contributed by atoms with Crippen LogP contribution in [0.15, 0.2) is 53.4 Å². The molecule has 2 heterocycles. The molecule has 0 spiro atoms. The zero-order valence-electron chi connectivity index (χ0n) is 17.2. The maximum Gasteiger partial charge on any atom is 0.323 e. The number of fused-ring (bicyclic) bond motifs is 3. The van der Waals surface area contributed by atoms with Crippen LogP contribution in [0.3, 0.4) is 0 Å². The third-order valence-electron chi connectivity index (χ3n) is 6.18. The predicted octanol–water partition coefficient (Wildman–Crippen LogP) is 2.63. The van der Waals surface area contributed by atoms with E-state index >= 15 is 0 Å². The highest BCUT2D eigenvalue weighted by atomic mass is 32.2. The topological polar surface area (TPSA) is 100 Å². The van der Waals surface area contributed by atoms with Crippen LogP contribution >= 0.6 is 0 Å². The number of rotatable bonds is 6. The molecule has 7 nitrogen and oxygen atoms in total. The molecular weight excluding hydrogens is 414 g/mol. The molecule has 1 aliphatic heterocycles. The van der Waals surface area contributed by atoms with Crippen LogP contribution < -0.4 is 10.0 Å². The Hall–Kier alpha value is -2.68. The fraction of sp³-hybridized carbons (Fsp3) is 0.348. The highest BCUT2D eigenvalue weighted by Crippen LogP contribution is 2.35. The van der Waals surface area contributed by atoms with Gasteiger partial charge in [0, 0.05) is 29.6 Å². The van der Waals surface area contributed by atoms with Crippen molar-refractivity contribution < 1.29 is 17.9 Å². The van der Waals surface area contributed by atoms with Crippen molar-refractivity contribution in [2.75, 3.05) is 13.7 Å². The summed E-state index contributed by atoms with van der Waals surface area (Å²) in [5.41, 5.74) is 3.96. The van der Waals surface area contributed by atoms with Gasteiger partial charge in [0.05, 0.1) is 18.0 Å². The lowest BCUT2D eigenvalue weighted by Gasteiger charge is -2.30. The second kappa shape index (κ2) is 7.78. The molecule has 1 fully saturated rings. The monoisotopic (exact) mass is 439 g/mol. The number of methoxy groups -OCH3 is 1. The fourth-order valence-corrected chi connectivity index (χ4v) is 5.38. The number of aromatic nitrogens is 1. The number of ether oxygens (including phenoxy) is 1. The van der Waals surface area contributed by atoms with Crippen LogP contribution in [-0.4, -0.2) is 39.1 Å². The summed E-state index contributed by atoms with van der Waals surface area (Å²) in [7, 11) is -2.14. The molecule has 3 aromatic rings. The lowest BCUT2D eigenvalue weighted by molar-refractivity contribution is -0.143. The molecule has 2 aliphatic rings. The maximum absolute atomic E-state index is 12.6. The average molecular weight is 440 g/mol. The Balaban J connectivity index is 1.49. The van der Waals surface area contributed by atoms with Crippen molar-refractivity contribution in [3.63, 3.8) is 0 Å². The first-order valence-corrected chi connectivity index (χ1v) is 12.0. The van der Waals surface area contributed by atoms with Crippen LogP contribution in [0.25, 0.3) is 10.9 Å². The smallest absolute Gasteiger partial charge is 0.323 e. The summed E-state index contributed by atoms with van der Waals surface area (Å²) in [5.74, 6) is 0.153. The minimum Gasteiger partial charge on any atom is -0.468 e. The maximum atomic E-state index is 12.6. The third-order valence-corrected chi connectivity index (χ3v) is 7.62.